The van der Waals surface area contributed by atoms with Gasteiger partial charge in [-0.1, -0.05) is 19.4 Å². The zero-order chi connectivity index (χ0) is 20.4. The van der Waals surface area contributed by atoms with Crippen LogP contribution in [0.5, 0.6) is 0 Å². The third-order valence-electron chi connectivity index (χ3n) is 6.99. The monoisotopic (exact) mass is 398 g/mol. The van der Waals surface area contributed by atoms with Crippen LogP contribution in [0.25, 0.3) is 0 Å². The topological polar surface area (TPSA) is 55.8 Å². The molecule has 0 saturated heterocycles. The number of aliphatic hydroxyl groups excluding tert-OH is 1. The van der Waals surface area contributed by atoms with Crippen LogP contribution in [0.15, 0.2) is 12.2 Å². The van der Waals surface area contributed by atoms with E-state index in [4.69, 9.17) is 14.6 Å². The van der Waals surface area contributed by atoms with E-state index in [0.29, 0.717) is 24.7 Å². The van der Waals surface area contributed by atoms with Gasteiger partial charge in [0, 0.05) is 11.5 Å². The van der Waals surface area contributed by atoms with E-state index >= 15 is 0 Å². The van der Waals surface area contributed by atoms with Crippen molar-refractivity contribution in [2.45, 2.75) is 71.1 Å². The number of alkyl halides is 1. The fraction of sp³-hybridized carbons (Fsp3) is 0.870. The van der Waals surface area contributed by atoms with Gasteiger partial charge in [0.25, 0.3) is 0 Å². The van der Waals surface area contributed by atoms with E-state index in [-0.39, 0.29) is 25.4 Å². The van der Waals surface area contributed by atoms with Crippen molar-refractivity contribution in [3.63, 3.8) is 0 Å². The highest BCUT2D eigenvalue weighted by molar-refractivity contribution is 5.86. The summed E-state index contributed by atoms with van der Waals surface area (Å²) in [5.41, 5.74) is 0.410. The third-order valence-corrected chi connectivity index (χ3v) is 6.99. The first-order chi connectivity index (χ1) is 13.5. The first-order valence-electron chi connectivity index (χ1n) is 11.1. The lowest BCUT2D eigenvalue weighted by Gasteiger charge is -2.39. The first kappa shape index (κ1) is 23.3. The molecule has 2 saturated carbocycles. The minimum Gasteiger partial charge on any atom is -0.462 e. The maximum Gasteiger partial charge on any atom is 0.333 e. The highest BCUT2D eigenvalue weighted by Crippen LogP contribution is 2.43. The number of halogens is 1. The Morgan fingerprint density at radius 2 is 1.68 bits per heavy atom. The lowest BCUT2D eigenvalue weighted by molar-refractivity contribution is -0.142. The smallest absolute Gasteiger partial charge is 0.333 e. The van der Waals surface area contributed by atoms with E-state index in [1.165, 1.54) is 38.5 Å². The Morgan fingerprint density at radius 1 is 1.07 bits per heavy atom. The van der Waals surface area contributed by atoms with Gasteiger partial charge >= 0.3 is 5.97 Å². The molecule has 0 aromatic rings. The van der Waals surface area contributed by atoms with Gasteiger partial charge in [0.05, 0.1) is 19.9 Å². The predicted octanol–water partition coefficient (Wildman–Crippen LogP) is 5.05. The van der Waals surface area contributed by atoms with E-state index < -0.39 is 0 Å². The summed E-state index contributed by atoms with van der Waals surface area (Å²) in [6.45, 7) is 5.56. The van der Waals surface area contributed by atoms with Gasteiger partial charge in [-0.15, -0.1) is 0 Å². The van der Waals surface area contributed by atoms with Gasteiger partial charge in [-0.05, 0) is 82.0 Å². The highest BCUT2D eigenvalue weighted by Gasteiger charge is 2.33. The van der Waals surface area contributed by atoms with Crippen LogP contribution in [0.2, 0.25) is 0 Å². The van der Waals surface area contributed by atoms with Gasteiger partial charge in [-0.3, -0.25) is 4.39 Å². The standard InChI is InChI=1S/C23H39FO4/c1-17(2)23(26)28-15-22(14-27-16-25)21-11-9-20(10-12-21)19-7-5-18(6-8-19)4-3-13-24/h18-22,25H,1,3-16H2,2H3. The lowest BCUT2D eigenvalue weighted by Crippen LogP contribution is -2.32. The molecule has 5 heteroatoms. The van der Waals surface area contributed by atoms with Crippen LogP contribution in [-0.4, -0.2) is 37.8 Å². The fourth-order valence-corrected chi connectivity index (χ4v) is 5.23. The Balaban J connectivity index is 1.76. The molecule has 0 radical (unpaired) electrons. The highest BCUT2D eigenvalue weighted by atomic mass is 19.1. The van der Waals surface area contributed by atoms with Crippen molar-refractivity contribution < 1.29 is 23.8 Å². The Hall–Kier alpha value is -0.940. The van der Waals surface area contributed by atoms with Crippen molar-refractivity contribution >= 4 is 5.97 Å². The molecule has 0 heterocycles. The van der Waals surface area contributed by atoms with Gasteiger partial charge in [0.15, 0.2) is 0 Å². The summed E-state index contributed by atoms with van der Waals surface area (Å²) >= 11 is 0. The lowest BCUT2D eigenvalue weighted by atomic mass is 9.67. The molecule has 2 fully saturated rings. The Kier molecular flexibility index (Phi) is 10.5. The number of esters is 1. The normalized spacial score (nSPS) is 29.2. The molecule has 0 aromatic heterocycles. The molecular weight excluding hydrogens is 359 g/mol. The molecule has 1 N–H and O–H groups in total. The quantitative estimate of drug-likeness (QED) is 0.301. The second-order valence-electron chi connectivity index (χ2n) is 8.93. The second-order valence-corrected chi connectivity index (χ2v) is 8.93. The zero-order valence-electron chi connectivity index (χ0n) is 17.5. The van der Waals surface area contributed by atoms with Crippen LogP contribution in [0, 0.1) is 29.6 Å². The third kappa shape index (κ3) is 7.47. The van der Waals surface area contributed by atoms with Gasteiger partial charge < -0.3 is 14.6 Å². The van der Waals surface area contributed by atoms with E-state index in [1.807, 2.05) is 0 Å². The number of aliphatic hydroxyl groups is 1. The van der Waals surface area contributed by atoms with Gasteiger partial charge in [0.2, 0.25) is 0 Å². The molecule has 162 valence electrons. The van der Waals surface area contributed by atoms with Crippen molar-refractivity contribution in [2.24, 2.45) is 29.6 Å². The molecule has 0 bridgehead atoms. The number of ether oxygens (including phenoxy) is 2. The Labute approximate surface area is 169 Å². The maximum atomic E-state index is 12.4. The van der Waals surface area contributed by atoms with Crippen molar-refractivity contribution in [3.8, 4) is 0 Å². The fourth-order valence-electron chi connectivity index (χ4n) is 5.23. The summed E-state index contributed by atoms with van der Waals surface area (Å²) < 4.78 is 23.0. The van der Waals surface area contributed by atoms with Crippen molar-refractivity contribution in [1.82, 2.24) is 0 Å². The molecule has 28 heavy (non-hydrogen) atoms. The molecule has 2 rings (SSSR count). The molecule has 2 aliphatic rings. The summed E-state index contributed by atoms with van der Waals surface area (Å²) in [7, 11) is 0. The number of carbonyl (C=O) groups is 1. The van der Waals surface area contributed by atoms with Gasteiger partial charge in [-0.25, -0.2) is 4.79 Å². The Bertz CT molecular complexity index is 465. The maximum absolute atomic E-state index is 12.4. The molecule has 0 amide bonds. The van der Waals surface area contributed by atoms with Crippen LogP contribution >= 0.6 is 0 Å². The van der Waals surface area contributed by atoms with E-state index in [2.05, 4.69) is 6.58 Å². The summed E-state index contributed by atoms with van der Waals surface area (Å²) in [6, 6.07) is 0. The van der Waals surface area contributed by atoms with Gasteiger partial charge in [-0.2, -0.15) is 0 Å². The van der Waals surface area contributed by atoms with Crippen molar-refractivity contribution in [2.75, 3.05) is 26.7 Å². The number of hydrogen-bond donors (Lipinski definition) is 1. The van der Waals surface area contributed by atoms with Crippen LogP contribution < -0.4 is 0 Å². The van der Waals surface area contributed by atoms with Gasteiger partial charge in [0.1, 0.15) is 6.79 Å². The molecule has 0 aromatic carbocycles. The van der Waals surface area contributed by atoms with Crippen LogP contribution in [-0.2, 0) is 14.3 Å². The molecule has 0 aliphatic heterocycles. The summed E-state index contributed by atoms with van der Waals surface area (Å²) in [6.07, 6.45) is 11.7. The number of rotatable bonds is 11. The van der Waals surface area contributed by atoms with E-state index in [0.717, 1.165) is 43.4 Å². The van der Waals surface area contributed by atoms with Crippen molar-refractivity contribution in [1.29, 1.82) is 0 Å². The second kappa shape index (κ2) is 12.6. The minimum atomic E-state index is -0.354. The summed E-state index contributed by atoms with van der Waals surface area (Å²) in [4.78, 5) is 11.7. The average Bonchev–Trinajstić information content (AvgIpc) is 2.72. The number of carbonyl (C=O) groups excluding carboxylic acids is 1. The molecule has 1 atom stereocenters. The van der Waals surface area contributed by atoms with E-state index in [9.17, 15) is 9.18 Å². The predicted molar refractivity (Wildman–Crippen MR) is 108 cm³/mol. The molecular formula is C23H39FO4. The minimum absolute atomic E-state index is 0.132. The Morgan fingerprint density at radius 3 is 2.21 bits per heavy atom. The molecule has 1 unspecified atom stereocenters. The molecule has 2 aliphatic carbocycles. The summed E-state index contributed by atoms with van der Waals surface area (Å²) in [5.74, 6) is 2.62. The van der Waals surface area contributed by atoms with Crippen LogP contribution in [0.3, 0.4) is 0 Å². The molecule has 0 spiro atoms. The average molecular weight is 399 g/mol. The SMILES string of the molecule is C=C(C)C(=O)OCC(COCO)C1CCC(C2CCC(CCCF)CC2)CC1. The number of hydrogen-bond acceptors (Lipinski definition) is 4. The van der Waals surface area contributed by atoms with E-state index in [1.54, 1.807) is 6.92 Å². The van der Waals surface area contributed by atoms with Crippen molar-refractivity contribution in [3.05, 3.63) is 12.2 Å². The first-order valence-corrected chi connectivity index (χ1v) is 11.1. The molecule has 4 nitrogen and oxygen atoms in total. The largest absolute Gasteiger partial charge is 0.462 e. The van der Waals surface area contributed by atoms with Crippen LogP contribution in [0.4, 0.5) is 4.39 Å². The van der Waals surface area contributed by atoms with Crippen LogP contribution in [0.1, 0.15) is 71.1 Å². The summed E-state index contributed by atoms with van der Waals surface area (Å²) in [5, 5.41) is 9.00. The zero-order valence-corrected chi connectivity index (χ0v) is 17.5.